The average Bonchev–Trinajstić information content (AvgIpc) is 2.49. The van der Waals surface area contributed by atoms with Crippen LogP contribution in [0, 0.1) is 0 Å². The molecule has 1 amide bonds. The van der Waals surface area contributed by atoms with Crippen LogP contribution >= 0.6 is 0 Å². The number of carbonyl (C=O) groups is 2. The van der Waals surface area contributed by atoms with Gasteiger partial charge in [-0.25, -0.2) is 18.0 Å². The van der Waals surface area contributed by atoms with E-state index in [1.165, 1.54) is 0 Å². The first-order chi connectivity index (χ1) is 11.3. The van der Waals surface area contributed by atoms with Crippen molar-refractivity contribution in [2.75, 3.05) is 19.8 Å². The first kappa shape index (κ1) is 23.1. The van der Waals surface area contributed by atoms with Gasteiger partial charge in [-0.3, -0.25) is 0 Å². The number of amides is 1. The minimum absolute atomic E-state index is 0.0932. The number of halogens is 4. The van der Waals surface area contributed by atoms with Crippen molar-refractivity contribution >= 4 is 22.2 Å². The van der Waals surface area contributed by atoms with Gasteiger partial charge in [0.2, 0.25) is 0 Å². The van der Waals surface area contributed by atoms with Crippen LogP contribution in [0.2, 0.25) is 0 Å². The number of alkyl halides is 4. The Morgan fingerprint density at radius 1 is 1.12 bits per heavy atom. The zero-order valence-electron chi connectivity index (χ0n) is 12.8. The summed E-state index contributed by atoms with van der Waals surface area (Å²) in [6, 6.07) is 0. The molecule has 0 bridgehead atoms. The van der Waals surface area contributed by atoms with E-state index >= 15 is 0 Å². The van der Waals surface area contributed by atoms with Gasteiger partial charge in [-0.1, -0.05) is 6.58 Å². The standard InChI is InChI=1S/C12H17F4NO7S/c1-2-9(18)23-8-6-17-10(19)24-7-4-3-5-11(13,14)12(15,16)25(20,21)22/h2H,1,3-8H2,(H,17,19)(H,20,21,22)/p-1. The van der Waals surface area contributed by atoms with Crippen LogP contribution in [0.25, 0.3) is 0 Å². The highest BCUT2D eigenvalue weighted by Crippen LogP contribution is 2.41. The summed E-state index contributed by atoms with van der Waals surface area (Å²) >= 11 is 0. The predicted octanol–water partition coefficient (Wildman–Crippen LogP) is 1.39. The van der Waals surface area contributed by atoms with Crippen LogP contribution in [0.15, 0.2) is 12.7 Å². The fourth-order valence-electron chi connectivity index (χ4n) is 1.36. The number of alkyl carbamates (subject to hydrolysis) is 1. The summed E-state index contributed by atoms with van der Waals surface area (Å²) in [6.07, 6.45) is -2.53. The second kappa shape index (κ2) is 9.56. The summed E-state index contributed by atoms with van der Waals surface area (Å²) in [6.45, 7) is 2.47. The molecule has 0 aliphatic heterocycles. The van der Waals surface area contributed by atoms with Crippen molar-refractivity contribution < 1.29 is 49.6 Å². The highest BCUT2D eigenvalue weighted by Gasteiger charge is 2.60. The Bertz CT molecular complexity index is 580. The normalized spacial score (nSPS) is 12.4. The van der Waals surface area contributed by atoms with Crippen molar-refractivity contribution in [1.29, 1.82) is 0 Å². The lowest BCUT2D eigenvalue weighted by Gasteiger charge is -2.28. The van der Waals surface area contributed by atoms with Gasteiger partial charge in [-0.2, -0.15) is 17.6 Å². The number of unbranched alkanes of at least 4 members (excludes halogenated alkanes) is 1. The lowest BCUT2D eigenvalue weighted by molar-refractivity contribution is -0.165. The molecule has 0 atom stereocenters. The van der Waals surface area contributed by atoms with Gasteiger partial charge in [0, 0.05) is 12.5 Å². The molecule has 0 aliphatic rings. The molecular weight excluding hydrogens is 378 g/mol. The molecule has 146 valence electrons. The number of hydrogen-bond donors (Lipinski definition) is 1. The third-order valence-corrected chi connectivity index (χ3v) is 3.57. The zero-order chi connectivity index (χ0) is 19.7. The van der Waals surface area contributed by atoms with Crippen LogP contribution in [-0.4, -0.2) is 56.0 Å². The lowest BCUT2D eigenvalue weighted by atomic mass is 10.1. The monoisotopic (exact) mass is 394 g/mol. The second-order valence-electron chi connectivity index (χ2n) is 4.57. The van der Waals surface area contributed by atoms with Crippen LogP contribution in [-0.2, 0) is 24.4 Å². The SMILES string of the molecule is C=CC(=O)OCCNC(=O)OCCCCC(F)(F)C(F)(F)S(=O)(=O)[O-]. The van der Waals surface area contributed by atoms with E-state index in [9.17, 15) is 40.1 Å². The lowest BCUT2D eigenvalue weighted by Crippen LogP contribution is -2.46. The fraction of sp³-hybridized carbons (Fsp3) is 0.667. The largest absolute Gasteiger partial charge is 0.743 e. The summed E-state index contributed by atoms with van der Waals surface area (Å²) in [5.41, 5.74) is 0. The Labute approximate surface area is 140 Å². The Kier molecular flexibility index (Phi) is 8.83. The number of hydrogen-bond acceptors (Lipinski definition) is 7. The minimum atomic E-state index is -6.51. The molecule has 0 saturated carbocycles. The van der Waals surface area contributed by atoms with Gasteiger partial charge in [0.05, 0.1) is 13.2 Å². The third-order valence-electron chi connectivity index (χ3n) is 2.64. The molecule has 0 aromatic heterocycles. The third kappa shape index (κ3) is 7.69. The first-order valence-electron chi connectivity index (χ1n) is 6.76. The van der Waals surface area contributed by atoms with Gasteiger partial charge < -0.3 is 19.3 Å². The summed E-state index contributed by atoms with van der Waals surface area (Å²) in [4.78, 5) is 21.8. The molecule has 0 aromatic rings. The number of nitrogens with one attached hydrogen (secondary N) is 1. The molecule has 0 heterocycles. The molecule has 0 spiro atoms. The topological polar surface area (TPSA) is 122 Å². The van der Waals surface area contributed by atoms with Crippen LogP contribution in [0.5, 0.6) is 0 Å². The van der Waals surface area contributed by atoms with Crippen LogP contribution < -0.4 is 5.32 Å². The first-order valence-corrected chi connectivity index (χ1v) is 8.17. The van der Waals surface area contributed by atoms with Gasteiger partial charge in [0.15, 0.2) is 10.1 Å². The highest BCUT2D eigenvalue weighted by molar-refractivity contribution is 7.86. The Morgan fingerprint density at radius 2 is 1.72 bits per heavy atom. The van der Waals surface area contributed by atoms with Gasteiger partial charge in [-0.15, -0.1) is 0 Å². The summed E-state index contributed by atoms with van der Waals surface area (Å²) in [5.74, 6) is -5.74. The maximum Gasteiger partial charge on any atom is 0.407 e. The predicted molar refractivity (Wildman–Crippen MR) is 73.9 cm³/mol. The number of ether oxygens (including phenoxy) is 2. The second-order valence-corrected chi connectivity index (χ2v) is 5.99. The highest BCUT2D eigenvalue weighted by atomic mass is 32.2. The van der Waals surface area contributed by atoms with Gasteiger partial charge in [0.1, 0.15) is 6.61 Å². The van der Waals surface area contributed by atoms with Gasteiger partial charge in [0.25, 0.3) is 0 Å². The van der Waals surface area contributed by atoms with Crippen molar-refractivity contribution in [3.63, 3.8) is 0 Å². The number of rotatable bonds is 11. The smallest absolute Gasteiger partial charge is 0.407 e. The average molecular weight is 394 g/mol. The van der Waals surface area contributed by atoms with E-state index in [1.807, 2.05) is 0 Å². The quantitative estimate of drug-likeness (QED) is 0.185. The summed E-state index contributed by atoms with van der Waals surface area (Å²) in [5, 5.41) is -3.57. The van der Waals surface area contributed by atoms with Crippen LogP contribution in [0.1, 0.15) is 19.3 Å². The minimum Gasteiger partial charge on any atom is -0.743 e. The van der Waals surface area contributed by atoms with E-state index in [0.29, 0.717) is 0 Å². The fourth-order valence-corrected chi connectivity index (χ4v) is 1.82. The molecule has 0 saturated heterocycles. The Hall–Kier alpha value is -1.89. The molecular formula is C12H16F4NO7S-. The van der Waals surface area contributed by atoms with Crippen molar-refractivity contribution in [2.24, 2.45) is 0 Å². The molecule has 8 nitrogen and oxygen atoms in total. The molecule has 0 fully saturated rings. The molecule has 0 unspecified atom stereocenters. The van der Waals surface area contributed by atoms with Gasteiger partial charge >= 0.3 is 23.2 Å². The molecule has 0 aromatic carbocycles. The Balaban J connectivity index is 4.00. The van der Waals surface area contributed by atoms with Crippen molar-refractivity contribution in [3.8, 4) is 0 Å². The van der Waals surface area contributed by atoms with Crippen LogP contribution in [0.4, 0.5) is 22.4 Å². The van der Waals surface area contributed by atoms with E-state index < -0.39 is 52.8 Å². The van der Waals surface area contributed by atoms with E-state index in [0.717, 1.165) is 6.08 Å². The zero-order valence-corrected chi connectivity index (χ0v) is 13.6. The van der Waals surface area contributed by atoms with Crippen LogP contribution in [0.3, 0.4) is 0 Å². The molecule has 25 heavy (non-hydrogen) atoms. The van der Waals surface area contributed by atoms with E-state index in [1.54, 1.807) is 0 Å². The number of esters is 1. The van der Waals surface area contributed by atoms with Crippen molar-refractivity contribution in [3.05, 3.63) is 12.7 Å². The molecule has 13 heteroatoms. The Morgan fingerprint density at radius 3 is 2.24 bits per heavy atom. The molecule has 0 aliphatic carbocycles. The van der Waals surface area contributed by atoms with E-state index in [2.05, 4.69) is 21.4 Å². The summed E-state index contributed by atoms with van der Waals surface area (Å²) < 4.78 is 91.3. The van der Waals surface area contributed by atoms with Crippen molar-refractivity contribution in [2.45, 2.75) is 30.4 Å². The number of carbonyl (C=O) groups excluding carboxylic acids is 2. The molecule has 0 rings (SSSR count). The van der Waals surface area contributed by atoms with E-state index in [-0.39, 0.29) is 19.6 Å². The maximum atomic E-state index is 13.1. The van der Waals surface area contributed by atoms with E-state index in [4.69, 9.17) is 0 Å². The summed E-state index contributed by atoms with van der Waals surface area (Å²) in [7, 11) is -6.51. The van der Waals surface area contributed by atoms with Gasteiger partial charge in [-0.05, 0) is 12.8 Å². The molecule has 1 N–H and O–H groups in total. The maximum absolute atomic E-state index is 13.1. The molecule has 0 radical (unpaired) electrons. The van der Waals surface area contributed by atoms with Crippen molar-refractivity contribution in [1.82, 2.24) is 5.32 Å².